The summed E-state index contributed by atoms with van der Waals surface area (Å²) in [6, 6.07) is 8.13. The van der Waals surface area contributed by atoms with Gasteiger partial charge in [0.05, 0.1) is 16.7 Å². The first-order valence-electron chi connectivity index (χ1n) is 5.44. The Balaban J connectivity index is 2.32. The Labute approximate surface area is 112 Å². The molecule has 6 heteroatoms. The Hall–Kier alpha value is -2.14. The number of nitrogens with zero attached hydrogens (tertiary/aromatic N) is 2. The van der Waals surface area contributed by atoms with E-state index in [-0.39, 0.29) is 11.0 Å². The van der Waals surface area contributed by atoms with E-state index in [1.165, 1.54) is 34.9 Å². The lowest BCUT2D eigenvalue weighted by Crippen LogP contribution is -2.01. The predicted octanol–water partition coefficient (Wildman–Crippen LogP) is 3.54. The molecule has 0 atom stereocenters. The molecule has 0 radical (unpaired) electrons. The molecule has 0 amide bonds. The SMILES string of the molecule is Nc1nc2cc(F)ccc2n1-c1cc(F)cc(Cl)c1. The summed E-state index contributed by atoms with van der Waals surface area (Å²) in [5.41, 5.74) is 7.23. The second-order valence-corrected chi connectivity index (χ2v) is 4.50. The molecular weight excluding hydrogens is 272 g/mol. The van der Waals surface area contributed by atoms with Crippen molar-refractivity contribution in [2.45, 2.75) is 0 Å². The summed E-state index contributed by atoms with van der Waals surface area (Å²) in [4.78, 5) is 4.04. The van der Waals surface area contributed by atoms with Crippen LogP contribution in [0.2, 0.25) is 5.02 Å². The van der Waals surface area contributed by atoms with Crippen molar-refractivity contribution in [1.29, 1.82) is 0 Å². The zero-order valence-corrected chi connectivity index (χ0v) is 10.3. The molecule has 3 aromatic rings. The lowest BCUT2D eigenvalue weighted by molar-refractivity contribution is 0.626. The summed E-state index contributed by atoms with van der Waals surface area (Å²) < 4.78 is 28.1. The first-order valence-corrected chi connectivity index (χ1v) is 5.82. The van der Waals surface area contributed by atoms with Gasteiger partial charge in [0.25, 0.3) is 0 Å². The van der Waals surface area contributed by atoms with Crippen LogP contribution in [0, 0.1) is 11.6 Å². The van der Waals surface area contributed by atoms with E-state index >= 15 is 0 Å². The van der Waals surface area contributed by atoms with Gasteiger partial charge in [-0.05, 0) is 30.3 Å². The summed E-state index contributed by atoms with van der Waals surface area (Å²) in [6.07, 6.45) is 0. The van der Waals surface area contributed by atoms with Gasteiger partial charge in [0.2, 0.25) is 5.95 Å². The van der Waals surface area contributed by atoms with Crippen LogP contribution in [0.15, 0.2) is 36.4 Å². The van der Waals surface area contributed by atoms with Crippen molar-refractivity contribution in [1.82, 2.24) is 9.55 Å². The molecule has 19 heavy (non-hydrogen) atoms. The third-order valence-corrected chi connectivity index (χ3v) is 2.97. The number of hydrogen-bond acceptors (Lipinski definition) is 2. The number of nitrogen functional groups attached to an aromatic ring is 1. The molecule has 3 rings (SSSR count). The van der Waals surface area contributed by atoms with Crippen molar-refractivity contribution in [3.05, 3.63) is 53.1 Å². The lowest BCUT2D eigenvalue weighted by atomic mass is 10.2. The molecule has 0 saturated heterocycles. The molecule has 96 valence electrons. The van der Waals surface area contributed by atoms with Crippen LogP contribution in [0.5, 0.6) is 0 Å². The number of aromatic nitrogens is 2. The van der Waals surface area contributed by atoms with Crippen molar-refractivity contribution >= 4 is 28.6 Å². The van der Waals surface area contributed by atoms with Gasteiger partial charge in [0.1, 0.15) is 11.6 Å². The average Bonchev–Trinajstić information content (AvgIpc) is 2.62. The van der Waals surface area contributed by atoms with E-state index in [0.29, 0.717) is 16.7 Å². The minimum Gasteiger partial charge on any atom is -0.369 e. The molecule has 0 spiro atoms. The van der Waals surface area contributed by atoms with Crippen LogP contribution in [-0.4, -0.2) is 9.55 Å². The molecule has 0 aliphatic carbocycles. The molecule has 2 N–H and O–H groups in total. The fourth-order valence-electron chi connectivity index (χ4n) is 2.01. The van der Waals surface area contributed by atoms with Crippen molar-refractivity contribution in [2.24, 2.45) is 0 Å². The van der Waals surface area contributed by atoms with E-state index in [1.54, 1.807) is 6.07 Å². The first-order chi connectivity index (χ1) is 9.04. The number of nitrogens with two attached hydrogens (primary N) is 1. The second-order valence-electron chi connectivity index (χ2n) is 4.07. The Bertz CT molecular complexity index is 763. The van der Waals surface area contributed by atoms with Crippen LogP contribution >= 0.6 is 11.6 Å². The fourth-order valence-corrected chi connectivity index (χ4v) is 2.23. The molecule has 1 heterocycles. The largest absolute Gasteiger partial charge is 0.369 e. The van der Waals surface area contributed by atoms with E-state index < -0.39 is 11.6 Å². The highest BCUT2D eigenvalue weighted by Crippen LogP contribution is 2.26. The van der Waals surface area contributed by atoms with Crippen molar-refractivity contribution in [2.75, 3.05) is 5.73 Å². The number of hydrogen-bond donors (Lipinski definition) is 1. The summed E-state index contributed by atoms with van der Waals surface area (Å²) in [5, 5.41) is 0.248. The van der Waals surface area contributed by atoms with E-state index in [2.05, 4.69) is 4.98 Å². The van der Waals surface area contributed by atoms with Crippen LogP contribution in [-0.2, 0) is 0 Å². The van der Waals surface area contributed by atoms with Crippen LogP contribution in [0.4, 0.5) is 14.7 Å². The van der Waals surface area contributed by atoms with Gasteiger partial charge in [-0.3, -0.25) is 4.57 Å². The van der Waals surface area contributed by atoms with Crippen LogP contribution in [0.3, 0.4) is 0 Å². The highest BCUT2D eigenvalue weighted by atomic mass is 35.5. The van der Waals surface area contributed by atoms with Gasteiger partial charge in [-0.2, -0.15) is 0 Å². The van der Waals surface area contributed by atoms with Gasteiger partial charge in [-0.15, -0.1) is 0 Å². The number of anilines is 1. The van der Waals surface area contributed by atoms with Crippen molar-refractivity contribution < 1.29 is 8.78 Å². The maximum absolute atomic E-state index is 13.4. The molecule has 0 saturated carbocycles. The monoisotopic (exact) mass is 279 g/mol. The fraction of sp³-hybridized carbons (Fsp3) is 0. The van der Waals surface area contributed by atoms with E-state index in [4.69, 9.17) is 17.3 Å². The van der Waals surface area contributed by atoms with Gasteiger partial charge >= 0.3 is 0 Å². The summed E-state index contributed by atoms with van der Waals surface area (Å²) in [7, 11) is 0. The molecule has 0 bridgehead atoms. The van der Waals surface area contributed by atoms with Gasteiger partial charge in [-0.25, -0.2) is 13.8 Å². The van der Waals surface area contributed by atoms with Gasteiger partial charge in [0.15, 0.2) is 0 Å². The maximum Gasteiger partial charge on any atom is 0.205 e. The molecule has 0 aliphatic rings. The maximum atomic E-state index is 13.4. The number of halogens is 3. The molecule has 0 fully saturated rings. The second kappa shape index (κ2) is 4.20. The van der Waals surface area contributed by atoms with Gasteiger partial charge < -0.3 is 5.73 Å². The standard InChI is InChI=1S/C13H8ClF2N3/c14-7-3-9(16)5-10(4-7)19-12-2-1-8(15)6-11(12)18-13(19)17/h1-6H,(H2,17,18). The molecule has 3 nitrogen and oxygen atoms in total. The Kier molecular flexibility index (Phi) is 2.64. The number of rotatable bonds is 1. The topological polar surface area (TPSA) is 43.8 Å². The molecule has 2 aromatic carbocycles. The highest BCUT2D eigenvalue weighted by Gasteiger charge is 2.12. The molecule has 0 unspecified atom stereocenters. The Morgan fingerprint density at radius 2 is 1.84 bits per heavy atom. The third-order valence-electron chi connectivity index (χ3n) is 2.75. The normalized spacial score (nSPS) is 11.1. The molecule has 0 aliphatic heterocycles. The van der Waals surface area contributed by atoms with Gasteiger partial charge in [-0.1, -0.05) is 11.6 Å². The lowest BCUT2D eigenvalue weighted by Gasteiger charge is -2.07. The number of imidazole rings is 1. The Morgan fingerprint density at radius 1 is 1.05 bits per heavy atom. The van der Waals surface area contributed by atoms with E-state index in [0.717, 1.165) is 0 Å². The number of fused-ring (bicyclic) bond motifs is 1. The average molecular weight is 280 g/mol. The van der Waals surface area contributed by atoms with Crippen LogP contribution < -0.4 is 5.73 Å². The zero-order chi connectivity index (χ0) is 13.6. The predicted molar refractivity (Wildman–Crippen MR) is 70.4 cm³/mol. The van der Waals surface area contributed by atoms with Crippen molar-refractivity contribution in [3.8, 4) is 5.69 Å². The van der Waals surface area contributed by atoms with Crippen LogP contribution in [0.1, 0.15) is 0 Å². The zero-order valence-electron chi connectivity index (χ0n) is 9.57. The quantitative estimate of drug-likeness (QED) is 0.740. The number of benzene rings is 2. The Morgan fingerprint density at radius 3 is 2.58 bits per heavy atom. The van der Waals surface area contributed by atoms with Gasteiger partial charge in [0, 0.05) is 11.1 Å². The smallest absolute Gasteiger partial charge is 0.205 e. The van der Waals surface area contributed by atoms with E-state index in [9.17, 15) is 8.78 Å². The van der Waals surface area contributed by atoms with Crippen molar-refractivity contribution in [3.63, 3.8) is 0 Å². The summed E-state index contributed by atoms with van der Waals surface area (Å²) in [6.45, 7) is 0. The minimum atomic E-state index is -0.481. The first kappa shape index (κ1) is 11.9. The molecule has 1 aromatic heterocycles. The van der Waals surface area contributed by atoms with Crippen LogP contribution in [0.25, 0.3) is 16.7 Å². The highest BCUT2D eigenvalue weighted by molar-refractivity contribution is 6.30. The minimum absolute atomic E-state index is 0.141. The van der Waals surface area contributed by atoms with E-state index in [1.807, 2.05) is 0 Å². The third kappa shape index (κ3) is 2.02. The summed E-state index contributed by atoms with van der Waals surface area (Å²) in [5.74, 6) is -0.748. The summed E-state index contributed by atoms with van der Waals surface area (Å²) >= 11 is 5.82. The molecular formula is C13H8ClF2N3.